The maximum absolute atomic E-state index is 11.0. The zero-order valence-corrected chi connectivity index (χ0v) is 13.7. The van der Waals surface area contributed by atoms with Gasteiger partial charge in [0.25, 0.3) is 0 Å². The minimum Gasteiger partial charge on any atom is -0.494 e. The quantitative estimate of drug-likeness (QED) is 0.577. The molecule has 2 aromatic rings. The first-order valence-corrected chi connectivity index (χ1v) is 7.96. The first-order valence-electron chi connectivity index (χ1n) is 7.96. The molecule has 0 aliphatic carbocycles. The Kier molecular flexibility index (Phi) is 6.42. The Labute approximate surface area is 138 Å². The molecule has 3 nitrogen and oxygen atoms in total. The van der Waals surface area contributed by atoms with Crippen LogP contribution in [-0.4, -0.2) is 12.5 Å². The highest BCUT2D eigenvalue weighted by molar-refractivity contribution is 5.88. The lowest BCUT2D eigenvalue weighted by atomic mass is 10.1. The Bertz CT molecular complexity index is 642. The van der Waals surface area contributed by atoms with Gasteiger partial charge in [-0.05, 0) is 41.8 Å². The number of rotatable bonds is 7. The summed E-state index contributed by atoms with van der Waals surface area (Å²) < 4.78 is 5.65. The van der Waals surface area contributed by atoms with Gasteiger partial charge in [0.05, 0.1) is 6.61 Å². The van der Waals surface area contributed by atoms with E-state index in [-0.39, 0.29) is 5.91 Å². The molecule has 0 aliphatic heterocycles. The van der Waals surface area contributed by atoms with Crippen LogP contribution < -0.4 is 10.1 Å². The minimum atomic E-state index is -0.0606. The van der Waals surface area contributed by atoms with Crippen molar-refractivity contribution in [2.24, 2.45) is 0 Å². The topological polar surface area (TPSA) is 38.3 Å². The molecule has 2 rings (SSSR count). The Hall–Kier alpha value is -2.55. The summed E-state index contributed by atoms with van der Waals surface area (Å²) in [6.45, 7) is 4.43. The number of benzene rings is 2. The zero-order valence-electron chi connectivity index (χ0n) is 13.7. The van der Waals surface area contributed by atoms with Crippen LogP contribution >= 0.6 is 0 Å². The average Bonchev–Trinajstić information content (AvgIpc) is 2.55. The van der Waals surface area contributed by atoms with E-state index < -0.39 is 0 Å². The molecule has 0 fully saturated rings. The SMILES string of the molecule is CCCCOc1ccc(/C=C/c2ccc(NC(C)=O)cc2)cc1. The molecule has 0 saturated carbocycles. The molecular formula is C20H23NO2. The third-order valence-electron chi connectivity index (χ3n) is 3.35. The largest absolute Gasteiger partial charge is 0.494 e. The number of unbranched alkanes of at least 4 members (excludes halogenated alkanes) is 1. The van der Waals surface area contributed by atoms with Crippen LogP contribution in [0.2, 0.25) is 0 Å². The fraction of sp³-hybridized carbons (Fsp3) is 0.250. The molecule has 0 heterocycles. The third-order valence-corrected chi connectivity index (χ3v) is 3.35. The van der Waals surface area contributed by atoms with E-state index in [2.05, 4.69) is 18.3 Å². The molecule has 1 amide bonds. The Morgan fingerprint density at radius 3 is 2.09 bits per heavy atom. The lowest BCUT2D eigenvalue weighted by molar-refractivity contribution is -0.114. The lowest BCUT2D eigenvalue weighted by Crippen LogP contribution is -2.05. The van der Waals surface area contributed by atoms with Crippen LogP contribution in [0.4, 0.5) is 5.69 Å². The van der Waals surface area contributed by atoms with Gasteiger partial charge in [0.2, 0.25) is 5.91 Å². The number of amides is 1. The smallest absolute Gasteiger partial charge is 0.221 e. The fourth-order valence-corrected chi connectivity index (χ4v) is 2.08. The van der Waals surface area contributed by atoms with Gasteiger partial charge in [-0.3, -0.25) is 4.79 Å². The number of carbonyl (C=O) groups excluding carboxylic acids is 1. The number of hydrogen-bond donors (Lipinski definition) is 1. The highest BCUT2D eigenvalue weighted by Crippen LogP contribution is 2.16. The van der Waals surface area contributed by atoms with E-state index in [1.807, 2.05) is 54.6 Å². The maximum atomic E-state index is 11.0. The highest BCUT2D eigenvalue weighted by Gasteiger charge is 1.96. The van der Waals surface area contributed by atoms with Crippen LogP contribution in [0.5, 0.6) is 5.75 Å². The lowest BCUT2D eigenvalue weighted by Gasteiger charge is -2.05. The van der Waals surface area contributed by atoms with Crippen molar-refractivity contribution >= 4 is 23.7 Å². The second kappa shape index (κ2) is 8.79. The fourth-order valence-electron chi connectivity index (χ4n) is 2.08. The highest BCUT2D eigenvalue weighted by atomic mass is 16.5. The maximum Gasteiger partial charge on any atom is 0.221 e. The average molecular weight is 309 g/mol. The van der Waals surface area contributed by atoms with Gasteiger partial charge in [-0.1, -0.05) is 49.8 Å². The Morgan fingerprint density at radius 2 is 1.57 bits per heavy atom. The van der Waals surface area contributed by atoms with Gasteiger partial charge in [-0.15, -0.1) is 0 Å². The van der Waals surface area contributed by atoms with Gasteiger partial charge < -0.3 is 10.1 Å². The zero-order chi connectivity index (χ0) is 16.5. The van der Waals surface area contributed by atoms with Crippen LogP contribution in [0.15, 0.2) is 48.5 Å². The molecule has 0 aliphatic rings. The summed E-state index contributed by atoms with van der Waals surface area (Å²) in [6.07, 6.45) is 6.32. The number of nitrogens with one attached hydrogen (secondary N) is 1. The van der Waals surface area contributed by atoms with Gasteiger partial charge in [0.15, 0.2) is 0 Å². The Balaban J connectivity index is 1.93. The van der Waals surface area contributed by atoms with E-state index in [1.54, 1.807) is 0 Å². The van der Waals surface area contributed by atoms with Crippen molar-refractivity contribution in [1.82, 2.24) is 0 Å². The first kappa shape index (κ1) is 16.8. The summed E-state index contributed by atoms with van der Waals surface area (Å²) in [5.74, 6) is 0.852. The molecule has 120 valence electrons. The molecule has 0 saturated heterocycles. The van der Waals surface area contributed by atoms with Crippen LogP contribution in [0.25, 0.3) is 12.2 Å². The van der Waals surface area contributed by atoms with Crippen LogP contribution in [0.1, 0.15) is 37.8 Å². The second-order valence-electron chi connectivity index (χ2n) is 5.41. The molecule has 1 N–H and O–H groups in total. The molecule has 23 heavy (non-hydrogen) atoms. The van der Waals surface area contributed by atoms with Crippen molar-refractivity contribution in [3.05, 3.63) is 59.7 Å². The molecule has 0 atom stereocenters. The summed E-state index contributed by atoms with van der Waals surface area (Å²) in [6, 6.07) is 15.8. The van der Waals surface area contributed by atoms with Crippen molar-refractivity contribution in [1.29, 1.82) is 0 Å². The molecule has 2 aromatic carbocycles. The summed E-state index contributed by atoms with van der Waals surface area (Å²) >= 11 is 0. The van der Waals surface area contributed by atoms with Gasteiger partial charge in [-0.25, -0.2) is 0 Å². The second-order valence-corrected chi connectivity index (χ2v) is 5.41. The predicted molar refractivity (Wildman–Crippen MR) is 96.5 cm³/mol. The van der Waals surface area contributed by atoms with Crippen LogP contribution in [0, 0.1) is 0 Å². The van der Waals surface area contributed by atoms with E-state index >= 15 is 0 Å². The third kappa shape index (κ3) is 5.99. The van der Waals surface area contributed by atoms with E-state index in [0.29, 0.717) is 0 Å². The van der Waals surface area contributed by atoms with Crippen LogP contribution in [0.3, 0.4) is 0 Å². The molecule has 0 unspecified atom stereocenters. The molecule has 3 heteroatoms. The monoisotopic (exact) mass is 309 g/mol. The number of anilines is 1. The van der Waals surface area contributed by atoms with E-state index in [4.69, 9.17) is 4.74 Å². The van der Waals surface area contributed by atoms with Crippen LogP contribution in [-0.2, 0) is 4.79 Å². The molecule has 0 aromatic heterocycles. The molecule has 0 spiro atoms. The normalized spacial score (nSPS) is 10.7. The summed E-state index contributed by atoms with van der Waals surface area (Å²) in [5.41, 5.74) is 3.02. The van der Waals surface area contributed by atoms with Crippen molar-refractivity contribution in [2.75, 3.05) is 11.9 Å². The van der Waals surface area contributed by atoms with E-state index in [1.165, 1.54) is 6.92 Å². The molecule has 0 radical (unpaired) electrons. The van der Waals surface area contributed by atoms with Crippen molar-refractivity contribution in [3.8, 4) is 5.75 Å². The standard InChI is InChI=1S/C20H23NO2/c1-3-4-15-23-20-13-9-18(10-14-20)6-5-17-7-11-19(12-8-17)21-16(2)22/h5-14H,3-4,15H2,1-2H3,(H,21,22)/b6-5+. The van der Waals surface area contributed by atoms with E-state index in [0.717, 1.165) is 42.0 Å². The predicted octanol–water partition coefficient (Wildman–Crippen LogP) is 4.99. The number of ether oxygens (including phenoxy) is 1. The summed E-state index contributed by atoms with van der Waals surface area (Å²) in [5, 5.41) is 2.76. The summed E-state index contributed by atoms with van der Waals surface area (Å²) in [4.78, 5) is 11.0. The summed E-state index contributed by atoms with van der Waals surface area (Å²) in [7, 11) is 0. The molecule has 0 bridgehead atoms. The van der Waals surface area contributed by atoms with Crippen molar-refractivity contribution < 1.29 is 9.53 Å². The molecular weight excluding hydrogens is 286 g/mol. The van der Waals surface area contributed by atoms with Gasteiger partial charge in [0, 0.05) is 12.6 Å². The number of carbonyl (C=O) groups is 1. The first-order chi connectivity index (χ1) is 11.2. The van der Waals surface area contributed by atoms with Crippen molar-refractivity contribution in [2.45, 2.75) is 26.7 Å². The number of hydrogen-bond acceptors (Lipinski definition) is 2. The van der Waals surface area contributed by atoms with Crippen molar-refractivity contribution in [3.63, 3.8) is 0 Å². The minimum absolute atomic E-state index is 0.0606. The van der Waals surface area contributed by atoms with Gasteiger partial charge in [0.1, 0.15) is 5.75 Å². The van der Waals surface area contributed by atoms with Gasteiger partial charge in [-0.2, -0.15) is 0 Å². The van der Waals surface area contributed by atoms with Gasteiger partial charge >= 0.3 is 0 Å². The van der Waals surface area contributed by atoms with E-state index in [9.17, 15) is 4.79 Å². The Morgan fingerprint density at radius 1 is 1.00 bits per heavy atom.